The molecule has 1 N–H and O–H groups in total. The van der Waals surface area contributed by atoms with Crippen LogP contribution in [0, 0.1) is 6.92 Å². The van der Waals surface area contributed by atoms with E-state index in [0.717, 1.165) is 33.7 Å². The summed E-state index contributed by atoms with van der Waals surface area (Å²) >= 11 is 0. The van der Waals surface area contributed by atoms with Gasteiger partial charge in [0.05, 0.1) is 12.2 Å². The van der Waals surface area contributed by atoms with Crippen LogP contribution in [0.15, 0.2) is 88.1 Å². The Bertz CT molecular complexity index is 1350. The van der Waals surface area contributed by atoms with E-state index >= 15 is 0 Å². The zero-order chi connectivity index (χ0) is 19.8. The molecule has 0 spiro atoms. The normalized spacial score (nSPS) is 11.2. The number of hydrogen-bond acceptors (Lipinski definition) is 4. The standard InChI is InChI=1S/C24H19N3O2/c1-16-5-4-8-23-26-20(14-24(28)27(16)23)15-25-19-11-9-17(10-12-19)22-13-18-6-2-3-7-21(18)29-22/h2-14,25H,15H2,1H3. The molecule has 0 fully saturated rings. The Hall–Kier alpha value is -3.86. The van der Waals surface area contributed by atoms with Crippen LogP contribution in [-0.4, -0.2) is 9.38 Å². The van der Waals surface area contributed by atoms with E-state index in [1.54, 1.807) is 10.5 Å². The van der Waals surface area contributed by atoms with Crippen molar-refractivity contribution < 1.29 is 4.42 Å². The lowest BCUT2D eigenvalue weighted by molar-refractivity contribution is 0.631. The number of pyridine rings is 1. The molecule has 0 saturated carbocycles. The van der Waals surface area contributed by atoms with E-state index in [4.69, 9.17) is 4.42 Å². The number of benzene rings is 2. The third-order valence-corrected chi connectivity index (χ3v) is 5.00. The first-order valence-electron chi connectivity index (χ1n) is 9.48. The van der Waals surface area contributed by atoms with Crippen LogP contribution in [0.25, 0.3) is 27.9 Å². The van der Waals surface area contributed by atoms with Crippen LogP contribution < -0.4 is 10.9 Å². The third-order valence-electron chi connectivity index (χ3n) is 5.00. The molecular weight excluding hydrogens is 362 g/mol. The van der Waals surface area contributed by atoms with E-state index in [1.165, 1.54) is 0 Å². The average Bonchev–Trinajstić information content (AvgIpc) is 3.17. The minimum Gasteiger partial charge on any atom is -0.456 e. The quantitative estimate of drug-likeness (QED) is 0.474. The molecule has 0 aliphatic heterocycles. The van der Waals surface area contributed by atoms with Crippen LogP contribution in [0.2, 0.25) is 0 Å². The lowest BCUT2D eigenvalue weighted by Gasteiger charge is -2.09. The molecular formula is C24H19N3O2. The van der Waals surface area contributed by atoms with E-state index in [1.807, 2.05) is 79.7 Å². The summed E-state index contributed by atoms with van der Waals surface area (Å²) in [5.74, 6) is 0.845. The Kier molecular flexibility index (Phi) is 4.13. The summed E-state index contributed by atoms with van der Waals surface area (Å²) in [5.41, 5.74) is 5.04. The summed E-state index contributed by atoms with van der Waals surface area (Å²) in [6.07, 6.45) is 0. The second-order valence-corrected chi connectivity index (χ2v) is 7.03. The molecule has 0 amide bonds. The Morgan fingerprint density at radius 1 is 0.966 bits per heavy atom. The summed E-state index contributed by atoms with van der Waals surface area (Å²) in [6, 6.07) is 25.3. The van der Waals surface area contributed by atoms with Crippen molar-refractivity contribution in [2.45, 2.75) is 13.5 Å². The van der Waals surface area contributed by atoms with Crippen molar-refractivity contribution in [2.75, 3.05) is 5.32 Å². The van der Waals surface area contributed by atoms with Crippen molar-refractivity contribution in [3.63, 3.8) is 0 Å². The van der Waals surface area contributed by atoms with Gasteiger partial charge in [-0.25, -0.2) is 4.98 Å². The number of nitrogens with one attached hydrogen (secondary N) is 1. The molecule has 5 heteroatoms. The molecule has 142 valence electrons. The lowest BCUT2D eigenvalue weighted by atomic mass is 10.1. The fourth-order valence-electron chi connectivity index (χ4n) is 3.52. The van der Waals surface area contributed by atoms with Gasteiger partial charge < -0.3 is 9.73 Å². The molecule has 0 aliphatic carbocycles. The molecule has 0 aliphatic rings. The summed E-state index contributed by atoms with van der Waals surface area (Å²) in [6.45, 7) is 2.38. The van der Waals surface area contributed by atoms with Crippen LogP contribution in [0.4, 0.5) is 5.69 Å². The Morgan fingerprint density at radius 2 is 1.79 bits per heavy atom. The van der Waals surface area contributed by atoms with Gasteiger partial charge in [-0.3, -0.25) is 9.20 Å². The first kappa shape index (κ1) is 17.3. The highest BCUT2D eigenvalue weighted by Gasteiger charge is 2.07. The van der Waals surface area contributed by atoms with Crippen molar-refractivity contribution in [3.8, 4) is 11.3 Å². The number of aryl methyl sites for hydroxylation is 1. The van der Waals surface area contributed by atoms with E-state index < -0.39 is 0 Å². The van der Waals surface area contributed by atoms with E-state index in [-0.39, 0.29) is 5.56 Å². The van der Waals surface area contributed by atoms with E-state index in [9.17, 15) is 4.79 Å². The predicted octanol–water partition coefficient (Wildman–Crippen LogP) is 5.03. The fourth-order valence-corrected chi connectivity index (χ4v) is 3.52. The van der Waals surface area contributed by atoms with E-state index in [0.29, 0.717) is 17.9 Å². The highest BCUT2D eigenvalue weighted by molar-refractivity contribution is 5.82. The maximum atomic E-state index is 12.4. The molecule has 3 aromatic heterocycles. The topological polar surface area (TPSA) is 59.5 Å². The van der Waals surface area contributed by atoms with Gasteiger partial charge in [-0.05, 0) is 55.5 Å². The van der Waals surface area contributed by atoms with Crippen LogP contribution in [0.3, 0.4) is 0 Å². The number of fused-ring (bicyclic) bond motifs is 2. The number of rotatable bonds is 4. The van der Waals surface area contributed by atoms with Crippen LogP contribution >= 0.6 is 0 Å². The number of furan rings is 1. The summed E-state index contributed by atoms with van der Waals surface area (Å²) in [5, 5.41) is 4.42. The van der Waals surface area contributed by atoms with E-state index in [2.05, 4.69) is 10.3 Å². The van der Waals surface area contributed by atoms with Gasteiger partial charge in [0, 0.05) is 28.4 Å². The number of nitrogens with zero attached hydrogens (tertiary/aromatic N) is 2. The number of aromatic nitrogens is 2. The first-order valence-corrected chi connectivity index (χ1v) is 9.48. The maximum Gasteiger partial charge on any atom is 0.258 e. The summed E-state index contributed by atoms with van der Waals surface area (Å²) in [4.78, 5) is 17.0. The number of hydrogen-bond donors (Lipinski definition) is 1. The molecule has 0 atom stereocenters. The van der Waals surface area contributed by atoms with Gasteiger partial charge in [0.25, 0.3) is 5.56 Å². The van der Waals surface area contributed by atoms with Gasteiger partial charge in [0.15, 0.2) is 0 Å². The molecule has 0 unspecified atom stereocenters. The highest BCUT2D eigenvalue weighted by Crippen LogP contribution is 2.28. The highest BCUT2D eigenvalue weighted by atomic mass is 16.3. The zero-order valence-corrected chi connectivity index (χ0v) is 15.9. The molecule has 0 bridgehead atoms. The van der Waals surface area contributed by atoms with Gasteiger partial charge in [-0.15, -0.1) is 0 Å². The van der Waals surface area contributed by atoms with Gasteiger partial charge in [0.1, 0.15) is 17.0 Å². The molecule has 3 heterocycles. The monoisotopic (exact) mass is 381 g/mol. The lowest BCUT2D eigenvalue weighted by Crippen LogP contribution is -2.18. The minimum absolute atomic E-state index is 0.0647. The van der Waals surface area contributed by atoms with Crippen LogP contribution in [0.5, 0.6) is 0 Å². The Morgan fingerprint density at radius 3 is 2.62 bits per heavy atom. The molecule has 0 radical (unpaired) electrons. The fraction of sp³-hybridized carbons (Fsp3) is 0.0833. The smallest absolute Gasteiger partial charge is 0.258 e. The second kappa shape index (κ2) is 6.95. The van der Waals surface area contributed by atoms with Crippen molar-refractivity contribution in [1.82, 2.24) is 9.38 Å². The molecule has 5 nitrogen and oxygen atoms in total. The second-order valence-electron chi connectivity index (χ2n) is 7.03. The SMILES string of the molecule is Cc1cccc2nc(CNc3ccc(-c4cc5ccccc5o4)cc3)cc(=O)n12. The zero-order valence-electron chi connectivity index (χ0n) is 15.9. The molecule has 2 aromatic carbocycles. The number of anilines is 1. The first-order chi connectivity index (χ1) is 14.2. The van der Waals surface area contributed by atoms with Crippen molar-refractivity contribution in [1.29, 1.82) is 0 Å². The summed E-state index contributed by atoms with van der Waals surface area (Å²) < 4.78 is 7.54. The molecule has 29 heavy (non-hydrogen) atoms. The van der Waals surface area contributed by atoms with Gasteiger partial charge in [-0.1, -0.05) is 24.3 Å². The predicted molar refractivity (Wildman–Crippen MR) is 115 cm³/mol. The Balaban J connectivity index is 1.35. The number of para-hydroxylation sites is 1. The summed E-state index contributed by atoms with van der Waals surface area (Å²) in [7, 11) is 0. The molecule has 5 aromatic rings. The van der Waals surface area contributed by atoms with Gasteiger partial charge in [0.2, 0.25) is 0 Å². The average molecular weight is 381 g/mol. The minimum atomic E-state index is -0.0647. The third kappa shape index (κ3) is 3.27. The van der Waals surface area contributed by atoms with Crippen LogP contribution in [-0.2, 0) is 6.54 Å². The van der Waals surface area contributed by atoms with Crippen molar-refractivity contribution >= 4 is 22.3 Å². The van der Waals surface area contributed by atoms with Crippen LogP contribution in [0.1, 0.15) is 11.4 Å². The van der Waals surface area contributed by atoms with Gasteiger partial charge >= 0.3 is 0 Å². The maximum absolute atomic E-state index is 12.4. The Labute approximate surface area is 167 Å². The van der Waals surface area contributed by atoms with Gasteiger partial charge in [-0.2, -0.15) is 0 Å². The van der Waals surface area contributed by atoms with Crippen molar-refractivity contribution in [3.05, 3.63) is 101 Å². The molecule has 0 saturated heterocycles. The molecule has 5 rings (SSSR count). The largest absolute Gasteiger partial charge is 0.456 e. The van der Waals surface area contributed by atoms with Crippen molar-refractivity contribution in [2.24, 2.45) is 0 Å².